The summed E-state index contributed by atoms with van der Waals surface area (Å²) >= 11 is -1.91. The Balaban J connectivity index is 2.94. The van der Waals surface area contributed by atoms with E-state index in [2.05, 4.69) is 0 Å². The van der Waals surface area contributed by atoms with Crippen LogP contribution in [0.3, 0.4) is 0 Å². The number of ether oxygens (including phenoxy) is 2. The Hall–Kier alpha value is -1.11. The molecule has 0 amide bonds. The van der Waals surface area contributed by atoms with Crippen LogP contribution in [0.15, 0.2) is 18.2 Å². The van der Waals surface area contributed by atoms with Gasteiger partial charge >= 0.3 is 0 Å². The largest absolute Gasteiger partial charge is 0.493 e. The van der Waals surface area contributed by atoms with Crippen molar-refractivity contribution in [3.8, 4) is 11.5 Å². The number of methoxy groups -OCH3 is 1. The van der Waals surface area contributed by atoms with Crippen molar-refractivity contribution in [2.75, 3.05) is 19.5 Å². The molecule has 0 fully saturated rings. The maximum atomic E-state index is 10.7. The van der Waals surface area contributed by atoms with Gasteiger partial charge in [-0.1, -0.05) is 6.07 Å². The smallest absolute Gasteiger partial charge is 0.161 e. The maximum Gasteiger partial charge on any atom is 0.161 e. The van der Waals surface area contributed by atoms with E-state index in [0.717, 1.165) is 5.56 Å². The summed E-state index contributed by atoms with van der Waals surface area (Å²) in [5, 5.41) is 0. The van der Waals surface area contributed by atoms with Crippen LogP contribution < -0.4 is 15.2 Å². The molecule has 6 heteroatoms. The highest BCUT2D eigenvalue weighted by atomic mass is 32.2. The Kier molecular flexibility index (Phi) is 5.40. The second kappa shape index (κ2) is 6.58. The molecule has 0 aliphatic carbocycles. The number of rotatable bonds is 6. The average molecular weight is 260 g/mol. The molecule has 2 atom stereocenters. The molecule has 0 saturated heterocycles. The van der Waals surface area contributed by atoms with Crippen molar-refractivity contribution in [2.45, 2.75) is 13.0 Å². The van der Waals surface area contributed by atoms with Gasteiger partial charge in [0.1, 0.15) is 0 Å². The first-order valence-electron chi connectivity index (χ1n) is 5.22. The molecule has 0 radical (unpaired) electrons. The number of hydrogen-bond donors (Lipinski definition) is 2. The fourth-order valence-corrected chi connectivity index (χ4v) is 1.94. The Labute approximate surface area is 103 Å². The van der Waals surface area contributed by atoms with E-state index in [4.69, 9.17) is 19.8 Å². The summed E-state index contributed by atoms with van der Waals surface area (Å²) < 4.78 is 30.0. The maximum absolute atomic E-state index is 10.7. The molecule has 1 rings (SSSR count). The van der Waals surface area contributed by atoms with Crippen LogP contribution in [0.5, 0.6) is 11.5 Å². The number of hydrogen-bond acceptors (Lipinski definition) is 4. The molecule has 0 bridgehead atoms. The monoisotopic (exact) mass is 260 g/mol. The van der Waals surface area contributed by atoms with Crippen LogP contribution in [0, 0.1) is 0 Å². The van der Waals surface area contributed by atoms with Crippen molar-refractivity contribution in [3.63, 3.8) is 0 Å². The molecular weight excluding hydrogens is 243 g/mol. The standard InChI is InChI=1S/C11H17NO4S/c1-3-16-11-6-8(4-5-10(11)15-2)9(12)7-17(13)14/h4-6,9H,3,7,12H2,1-2H3,(H,13,14)/i7+1. The Morgan fingerprint density at radius 1 is 1.47 bits per heavy atom. The number of nitrogens with two attached hydrogens (primary N) is 1. The summed E-state index contributed by atoms with van der Waals surface area (Å²) in [6.45, 7) is 2.38. The van der Waals surface area contributed by atoms with Crippen molar-refractivity contribution in [1.29, 1.82) is 0 Å². The van der Waals surface area contributed by atoms with Crippen molar-refractivity contribution >= 4 is 11.1 Å². The molecule has 0 aliphatic rings. The van der Waals surface area contributed by atoms with E-state index >= 15 is 0 Å². The molecule has 1 aromatic rings. The molecule has 1 aromatic carbocycles. The minimum absolute atomic E-state index is 0.00209. The van der Waals surface area contributed by atoms with Crippen LogP contribution >= 0.6 is 0 Å². The molecule has 2 unspecified atom stereocenters. The molecule has 5 nitrogen and oxygen atoms in total. The lowest BCUT2D eigenvalue weighted by atomic mass is 10.1. The third kappa shape index (κ3) is 3.99. The van der Waals surface area contributed by atoms with Crippen LogP contribution in [0.25, 0.3) is 0 Å². The van der Waals surface area contributed by atoms with Gasteiger partial charge in [-0.15, -0.1) is 0 Å². The minimum atomic E-state index is -1.91. The van der Waals surface area contributed by atoms with Crippen LogP contribution in [0.2, 0.25) is 0 Å². The topological polar surface area (TPSA) is 81.8 Å². The van der Waals surface area contributed by atoms with E-state index in [9.17, 15) is 4.21 Å². The second-order valence-electron chi connectivity index (χ2n) is 3.44. The predicted octanol–water partition coefficient (Wildman–Crippen LogP) is 1.32. The van der Waals surface area contributed by atoms with Gasteiger partial charge in [-0.2, -0.15) is 0 Å². The van der Waals surface area contributed by atoms with E-state index in [1.165, 1.54) is 0 Å². The third-order valence-corrected chi connectivity index (χ3v) is 2.88. The fraction of sp³-hybridized carbons (Fsp3) is 0.455. The van der Waals surface area contributed by atoms with Crippen LogP contribution in [0.1, 0.15) is 18.5 Å². The lowest BCUT2D eigenvalue weighted by Gasteiger charge is -2.14. The SMILES string of the molecule is CCOc1cc(C(N)[13CH2]S(=O)O)ccc1OC. The molecule has 0 saturated carbocycles. The van der Waals surface area contributed by atoms with Crippen LogP contribution in [0.4, 0.5) is 0 Å². The Bertz CT molecular complexity index is 397. The van der Waals surface area contributed by atoms with E-state index in [1.807, 2.05) is 6.92 Å². The summed E-state index contributed by atoms with van der Waals surface area (Å²) in [6, 6.07) is 4.74. The van der Waals surface area contributed by atoms with E-state index in [-0.39, 0.29) is 5.75 Å². The highest BCUT2D eigenvalue weighted by Gasteiger charge is 2.12. The summed E-state index contributed by atoms with van der Waals surface area (Å²) in [7, 11) is 1.56. The zero-order valence-electron chi connectivity index (χ0n) is 9.88. The van der Waals surface area contributed by atoms with E-state index in [0.29, 0.717) is 18.1 Å². The van der Waals surface area contributed by atoms with Crippen molar-refractivity contribution in [1.82, 2.24) is 0 Å². The zero-order chi connectivity index (χ0) is 12.8. The quantitative estimate of drug-likeness (QED) is 0.595. The molecule has 0 aromatic heterocycles. The zero-order valence-corrected chi connectivity index (χ0v) is 10.7. The molecule has 0 spiro atoms. The third-order valence-electron chi connectivity index (χ3n) is 2.24. The molecule has 96 valence electrons. The average Bonchev–Trinajstić information content (AvgIpc) is 2.28. The van der Waals surface area contributed by atoms with Gasteiger partial charge in [0.05, 0.1) is 19.5 Å². The van der Waals surface area contributed by atoms with Gasteiger partial charge in [0.25, 0.3) is 0 Å². The van der Waals surface area contributed by atoms with Gasteiger partial charge in [0.15, 0.2) is 22.6 Å². The van der Waals surface area contributed by atoms with Crippen molar-refractivity contribution in [2.24, 2.45) is 5.73 Å². The Morgan fingerprint density at radius 3 is 2.71 bits per heavy atom. The molecular formula is C11H17NO4S. The van der Waals surface area contributed by atoms with Gasteiger partial charge in [-0.25, -0.2) is 4.21 Å². The van der Waals surface area contributed by atoms with Crippen LogP contribution in [-0.4, -0.2) is 28.2 Å². The first-order chi connectivity index (χ1) is 8.08. The Morgan fingerprint density at radius 2 is 2.18 bits per heavy atom. The minimum Gasteiger partial charge on any atom is -0.493 e. The van der Waals surface area contributed by atoms with Crippen molar-refractivity contribution in [3.05, 3.63) is 23.8 Å². The van der Waals surface area contributed by atoms with Crippen LogP contribution in [-0.2, 0) is 11.1 Å². The summed E-state index contributed by atoms with van der Waals surface area (Å²) in [5.74, 6) is 1.21. The van der Waals surface area contributed by atoms with Gasteiger partial charge < -0.3 is 19.8 Å². The fourth-order valence-electron chi connectivity index (χ4n) is 1.44. The second-order valence-corrected chi connectivity index (χ2v) is 4.41. The van der Waals surface area contributed by atoms with Gasteiger partial charge in [0, 0.05) is 6.04 Å². The summed E-state index contributed by atoms with van der Waals surface area (Å²) in [6.07, 6.45) is 0. The summed E-state index contributed by atoms with van der Waals surface area (Å²) in [4.78, 5) is 0. The molecule has 0 heterocycles. The first kappa shape index (κ1) is 14.0. The van der Waals surface area contributed by atoms with Crippen molar-refractivity contribution < 1.29 is 18.2 Å². The van der Waals surface area contributed by atoms with E-state index in [1.54, 1.807) is 25.3 Å². The lowest BCUT2D eigenvalue weighted by Crippen LogP contribution is -2.18. The molecule has 17 heavy (non-hydrogen) atoms. The lowest BCUT2D eigenvalue weighted by molar-refractivity contribution is 0.310. The van der Waals surface area contributed by atoms with Gasteiger partial charge in [-0.05, 0) is 24.6 Å². The first-order valence-corrected chi connectivity index (χ1v) is 6.49. The predicted molar refractivity (Wildman–Crippen MR) is 66.7 cm³/mol. The van der Waals surface area contributed by atoms with Gasteiger partial charge in [0.2, 0.25) is 0 Å². The molecule has 3 N–H and O–H groups in total. The van der Waals surface area contributed by atoms with Gasteiger partial charge in [-0.3, -0.25) is 0 Å². The highest BCUT2D eigenvalue weighted by molar-refractivity contribution is 7.79. The highest BCUT2D eigenvalue weighted by Crippen LogP contribution is 2.29. The number of benzene rings is 1. The van der Waals surface area contributed by atoms with E-state index < -0.39 is 17.1 Å². The molecule has 0 aliphatic heterocycles. The summed E-state index contributed by atoms with van der Waals surface area (Å²) in [5.41, 5.74) is 6.55. The normalized spacial score (nSPS) is 14.1.